The fraction of sp³-hybridized carbons (Fsp3) is 0.636. The number of rotatable bonds is 3. The van der Waals surface area contributed by atoms with Gasteiger partial charge in [-0.2, -0.15) is 0 Å². The molecular formula is C11H17ClN2S. The van der Waals surface area contributed by atoms with E-state index in [0.717, 1.165) is 17.4 Å². The molecule has 0 aromatic carbocycles. The van der Waals surface area contributed by atoms with Gasteiger partial charge in [0.05, 0.1) is 4.34 Å². The SMILES string of the molecule is CC(c1ccc(Cl)s1)N(C)C1CCNC1. The summed E-state index contributed by atoms with van der Waals surface area (Å²) in [7, 11) is 2.20. The largest absolute Gasteiger partial charge is 0.315 e. The molecule has 2 unspecified atom stereocenters. The van der Waals surface area contributed by atoms with Crippen molar-refractivity contribution in [1.82, 2.24) is 10.2 Å². The predicted octanol–water partition coefficient (Wildman–Crippen LogP) is 2.76. The quantitative estimate of drug-likeness (QED) is 0.880. The monoisotopic (exact) mass is 244 g/mol. The van der Waals surface area contributed by atoms with E-state index in [2.05, 4.69) is 30.3 Å². The van der Waals surface area contributed by atoms with Crippen LogP contribution < -0.4 is 5.32 Å². The molecule has 1 fully saturated rings. The Kier molecular flexibility index (Phi) is 3.67. The molecule has 0 bridgehead atoms. The molecular weight excluding hydrogens is 228 g/mol. The van der Waals surface area contributed by atoms with Crippen LogP contribution in [0.3, 0.4) is 0 Å². The van der Waals surface area contributed by atoms with Crippen molar-refractivity contribution < 1.29 is 0 Å². The maximum absolute atomic E-state index is 5.96. The van der Waals surface area contributed by atoms with E-state index in [0.29, 0.717) is 12.1 Å². The molecule has 0 amide bonds. The van der Waals surface area contributed by atoms with Crippen molar-refractivity contribution in [3.63, 3.8) is 0 Å². The minimum atomic E-state index is 0.465. The van der Waals surface area contributed by atoms with Crippen molar-refractivity contribution in [2.45, 2.75) is 25.4 Å². The molecule has 2 heterocycles. The summed E-state index contributed by atoms with van der Waals surface area (Å²) in [5.74, 6) is 0. The highest BCUT2D eigenvalue weighted by molar-refractivity contribution is 7.16. The first-order chi connectivity index (χ1) is 7.18. The van der Waals surface area contributed by atoms with Gasteiger partial charge in [-0.25, -0.2) is 0 Å². The van der Waals surface area contributed by atoms with Crippen molar-refractivity contribution in [3.8, 4) is 0 Å². The number of hydrogen-bond acceptors (Lipinski definition) is 3. The summed E-state index contributed by atoms with van der Waals surface area (Å²) < 4.78 is 0.884. The first-order valence-corrected chi connectivity index (χ1v) is 6.56. The average Bonchev–Trinajstić information content (AvgIpc) is 2.85. The smallest absolute Gasteiger partial charge is 0.0931 e. The normalized spacial score (nSPS) is 23.6. The molecule has 1 aliphatic heterocycles. The highest BCUT2D eigenvalue weighted by Gasteiger charge is 2.24. The number of thiophene rings is 1. The van der Waals surface area contributed by atoms with Crippen LogP contribution in [0.15, 0.2) is 12.1 Å². The van der Waals surface area contributed by atoms with Gasteiger partial charge in [0, 0.05) is 23.5 Å². The second-order valence-corrected chi connectivity index (χ2v) is 5.88. The maximum Gasteiger partial charge on any atom is 0.0931 e. The number of nitrogens with zero attached hydrogens (tertiary/aromatic N) is 1. The summed E-state index contributed by atoms with van der Waals surface area (Å²) in [6, 6.07) is 5.25. The summed E-state index contributed by atoms with van der Waals surface area (Å²) in [4.78, 5) is 3.80. The second kappa shape index (κ2) is 4.83. The molecule has 0 radical (unpaired) electrons. The Morgan fingerprint density at radius 2 is 2.40 bits per heavy atom. The van der Waals surface area contributed by atoms with Crippen LogP contribution in [-0.2, 0) is 0 Å². The highest BCUT2D eigenvalue weighted by Crippen LogP contribution is 2.31. The minimum absolute atomic E-state index is 0.465. The van der Waals surface area contributed by atoms with Crippen LogP contribution in [-0.4, -0.2) is 31.1 Å². The van der Waals surface area contributed by atoms with Gasteiger partial charge in [-0.3, -0.25) is 4.90 Å². The fourth-order valence-electron chi connectivity index (χ4n) is 2.06. The Morgan fingerprint density at radius 1 is 1.60 bits per heavy atom. The molecule has 84 valence electrons. The molecule has 1 aliphatic rings. The van der Waals surface area contributed by atoms with Gasteiger partial charge in [0.15, 0.2) is 0 Å². The Balaban J connectivity index is 2.03. The van der Waals surface area contributed by atoms with Gasteiger partial charge in [-0.1, -0.05) is 11.6 Å². The maximum atomic E-state index is 5.96. The van der Waals surface area contributed by atoms with E-state index >= 15 is 0 Å². The van der Waals surface area contributed by atoms with Crippen LogP contribution in [0.4, 0.5) is 0 Å². The molecule has 0 spiro atoms. The van der Waals surface area contributed by atoms with E-state index in [-0.39, 0.29) is 0 Å². The van der Waals surface area contributed by atoms with Crippen molar-refractivity contribution in [3.05, 3.63) is 21.3 Å². The van der Waals surface area contributed by atoms with Crippen LogP contribution in [0.1, 0.15) is 24.3 Å². The fourth-order valence-corrected chi connectivity index (χ4v) is 3.22. The number of likely N-dealkylation sites (N-methyl/N-ethyl adjacent to an activating group) is 1. The van der Waals surface area contributed by atoms with Gasteiger partial charge in [0.1, 0.15) is 0 Å². The van der Waals surface area contributed by atoms with E-state index in [1.807, 2.05) is 6.07 Å². The van der Waals surface area contributed by atoms with E-state index in [9.17, 15) is 0 Å². The molecule has 0 aliphatic carbocycles. The van der Waals surface area contributed by atoms with Gasteiger partial charge in [-0.05, 0) is 39.1 Å². The molecule has 2 nitrogen and oxygen atoms in total. The third-order valence-electron chi connectivity index (χ3n) is 3.23. The van der Waals surface area contributed by atoms with Crippen LogP contribution in [0, 0.1) is 0 Å². The summed E-state index contributed by atoms with van der Waals surface area (Å²) in [6.45, 7) is 4.51. The van der Waals surface area contributed by atoms with Gasteiger partial charge in [0.25, 0.3) is 0 Å². The van der Waals surface area contributed by atoms with E-state index in [4.69, 9.17) is 11.6 Å². The number of halogens is 1. The van der Waals surface area contributed by atoms with Crippen LogP contribution in [0.5, 0.6) is 0 Å². The zero-order valence-corrected chi connectivity index (χ0v) is 10.7. The molecule has 15 heavy (non-hydrogen) atoms. The van der Waals surface area contributed by atoms with Gasteiger partial charge < -0.3 is 5.32 Å². The second-order valence-electron chi connectivity index (χ2n) is 4.13. The molecule has 1 N–H and O–H groups in total. The molecule has 0 saturated carbocycles. The molecule has 1 aromatic heterocycles. The summed E-state index contributed by atoms with van der Waals surface area (Å²) >= 11 is 7.64. The van der Waals surface area contributed by atoms with Gasteiger partial charge >= 0.3 is 0 Å². The third-order valence-corrected chi connectivity index (χ3v) is 4.63. The number of hydrogen-bond donors (Lipinski definition) is 1. The zero-order chi connectivity index (χ0) is 10.8. The van der Waals surface area contributed by atoms with Crippen molar-refractivity contribution in [2.24, 2.45) is 0 Å². The highest BCUT2D eigenvalue weighted by atomic mass is 35.5. The number of nitrogens with one attached hydrogen (secondary N) is 1. The van der Waals surface area contributed by atoms with Crippen LogP contribution >= 0.6 is 22.9 Å². The Bertz CT molecular complexity index is 320. The lowest BCUT2D eigenvalue weighted by atomic mass is 10.1. The lowest BCUT2D eigenvalue weighted by Gasteiger charge is -2.29. The predicted molar refractivity (Wildman–Crippen MR) is 66.8 cm³/mol. The van der Waals surface area contributed by atoms with Crippen molar-refractivity contribution >= 4 is 22.9 Å². The van der Waals surface area contributed by atoms with Crippen molar-refractivity contribution in [2.75, 3.05) is 20.1 Å². The van der Waals surface area contributed by atoms with Crippen LogP contribution in [0.25, 0.3) is 0 Å². The lowest BCUT2D eigenvalue weighted by Crippen LogP contribution is -2.35. The van der Waals surface area contributed by atoms with E-state index in [1.54, 1.807) is 11.3 Å². The summed E-state index contributed by atoms with van der Waals surface area (Å²) in [5, 5.41) is 3.40. The minimum Gasteiger partial charge on any atom is -0.315 e. The standard InChI is InChI=1S/C11H17ClN2S/c1-8(10-3-4-11(12)15-10)14(2)9-5-6-13-7-9/h3-4,8-9,13H,5-7H2,1-2H3. The first-order valence-electron chi connectivity index (χ1n) is 5.36. The van der Waals surface area contributed by atoms with E-state index < -0.39 is 0 Å². The molecule has 1 aromatic rings. The Labute approximate surface area is 100 Å². The summed E-state index contributed by atoms with van der Waals surface area (Å²) in [6.07, 6.45) is 1.25. The first kappa shape index (κ1) is 11.4. The van der Waals surface area contributed by atoms with Crippen molar-refractivity contribution in [1.29, 1.82) is 0 Å². The third kappa shape index (κ3) is 2.53. The van der Waals surface area contributed by atoms with E-state index in [1.165, 1.54) is 11.3 Å². The van der Waals surface area contributed by atoms with Gasteiger partial charge in [-0.15, -0.1) is 11.3 Å². The van der Waals surface area contributed by atoms with Crippen LogP contribution in [0.2, 0.25) is 4.34 Å². The zero-order valence-electron chi connectivity index (χ0n) is 9.16. The average molecular weight is 245 g/mol. The topological polar surface area (TPSA) is 15.3 Å². The summed E-state index contributed by atoms with van der Waals surface area (Å²) in [5.41, 5.74) is 0. The molecule has 2 atom stereocenters. The lowest BCUT2D eigenvalue weighted by molar-refractivity contribution is 0.199. The van der Waals surface area contributed by atoms with Gasteiger partial charge in [0.2, 0.25) is 0 Å². The molecule has 2 rings (SSSR count). The Hall–Kier alpha value is -0.0900. The Morgan fingerprint density at radius 3 is 2.93 bits per heavy atom. The molecule has 1 saturated heterocycles. The molecule has 4 heteroatoms.